The number of benzene rings is 1. The molecule has 5 heteroatoms. The molecule has 0 bridgehead atoms. The summed E-state index contributed by atoms with van der Waals surface area (Å²) < 4.78 is 6.86. The van der Waals surface area contributed by atoms with Crippen molar-refractivity contribution >= 4 is 21.7 Å². The Morgan fingerprint density at radius 1 is 1.19 bits per heavy atom. The molecule has 0 saturated heterocycles. The van der Waals surface area contributed by atoms with Crippen molar-refractivity contribution in [2.75, 3.05) is 11.9 Å². The topological polar surface area (TPSA) is 47.0 Å². The first-order chi connectivity index (χ1) is 10.1. The molecule has 21 heavy (non-hydrogen) atoms. The standard InChI is InChI=1S/C16H20BrN3O/c1-4-18-14-9-15(20-16(19-14)11(2)3)21-10-12-5-7-13(17)8-6-12/h5-9,11H,4,10H2,1-3H3,(H,18,19,20). The molecule has 0 fully saturated rings. The molecule has 0 atom stereocenters. The number of rotatable bonds is 6. The molecule has 2 aromatic rings. The molecule has 0 amide bonds. The molecule has 0 aliphatic carbocycles. The van der Waals surface area contributed by atoms with Gasteiger partial charge in [0.25, 0.3) is 0 Å². The van der Waals surface area contributed by atoms with Crippen LogP contribution in [0, 0.1) is 0 Å². The molecule has 0 aliphatic rings. The molecule has 1 aromatic heterocycles. The van der Waals surface area contributed by atoms with Crippen LogP contribution < -0.4 is 10.1 Å². The van der Waals surface area contributed by atoms with Gasteiger partial charge in [-0.2, -0.15) is 4.98 Å². The lowest BCUT2D eigenvalue weighted by molar-refractivity contribution is 0.292. The van der Waals surface area contributed by atoms with Crippen LogP contribution in [-0.2, 0) is 6.61 Å². The maximum atomic E-state index is 5.80. The lowest BCUT2D eigenvalue weighted by atomic mass is 10.2. The minimum atomic E-state index is 0.263. The number of hydrogen-bond acceptors (Lipinski definition) is 4. The highest BCUT2D eigenvalue weighted by atomic mass is 79.9. The second kappa shape index (κ2) is 7.41. The minimum absolute atomic E-state index is 0.263. The van der Waals surface area contributed by atoms with Crippen molar-refractivity contribution in [2.24, 2.45) is 0 Å². The van der Waals surface area contributed by atoms with E-state index in [4.69, 9.17) is 4.74 Å². The fourth-order valence-corrected chi connectivity index (χ4v) is 2.05. The number of ether oxygens (including phenoxy) is 1. The molecule has 4 nitrogen and oxygen atoms in total. The van der Waals surface area contributed by atoms with Gasteiger partial charge in [-0.05, 0) is 24.6 Å². The van der Waals surface area contributed by atoms with Gasteiger partial charge in [0, 0.05) is 23.0 Å². The molecular weight excluding hydrogens is 330 g/mol. The Morgan fingerprint density at radius 3 is 2.52 bits per heavy atom. The van der Waals surface area contributed by atoms with Gasteiger partial charge in [-0.25, -0.2) is 4.98 Å². The third-order valence-electron chi connectivity index (χ3n) is 2.89. The fourth-order valence-electron chi connectivity index (χ4n) is 1.78. The Bertz CT molecular complexity index is 585. The van der Waals surface area contributed by atoms with E-state index in [-0.39, 0.29) is 5.92 Å². The van der Waals surface area contributed by atoms with E-state index in [1.165, 1.54) is 0 Å². The second-order valence-electron chi connectivity index (χ2n) is 5.05. The number of anilines is 1. The average molecular weight is 350 g/mol. The highest BCUT2D eigenvalue weighted by molar-refractivity contribution is 9.10. The van der Waals surface area contributed by atoms with E-state index in [1.807, 2.05) is 37.3 Å². The van der Waals surface area contributed by atoms with Crippen molar-refractivity contribution in [3.8, 4) is 5.88 Å². The van der Waals surface area contributed by atoms with Gasteiger partial charge < -0.3 is 10.1 Å². The molecule has 0 spiro atoms. The van der Waals surface area contributed by atoms with Crippen LogP contribution in [0.25, 0.3) is 0 Å². The molecule has 0 radical (unpaired) electrons. The van der Waals surface area contributed by atoms with E-state index >= 15 is 0 Å². The summed E-state index contributed by atoms with van der Waals surface area (Å²) in [6, 6.07) is 9.90. The van der Waals surface area contributed by atoms with Crippen molar-refractivity contribution < 1.29 is 4.74 Å². The SMILES string of the molecule is CCNc1cc(OCc2ccc(Br)cc2)nc(C(C)C)n1. The van der Waals surface area contributed by atoms with Crippen molar-refractivity contribution in [1.82, 2.24) is 9.97 Å². The largest absolute Gasteiger partial charge is 0.473 e. The molecule has 2 rings (SSSR count). The summed E-state index contributed by atoms with van der Waals surface area (Å²) in [7, 11) is 0. The van der Waals surface area contributed by atoms with E-state index < -0.39 is 0 Å². The third kappa shape index (κ3) is 4.70. The Hall–Kier alpha value is -1.62. The molecule has 112 valence electrons. The molecule has 1 N–H and O–H groups in total. The van der Waals surface area contributed by atoms with Gasteiger partial charge in [0.2, 0.25) is 5.88 Å². The Kier molecular flexibility index (Phi) is 5.56. The average Bonchev–Trinajstić information content (AvgIpc) is 2.47. The first kappa shape index (κ1) is 15.8. The van der Waals surface area contributed by atoms with Crippen LogP contribution in [0.3, 0.4) is 0 Å². The first-order valence-electron chi connectivity index (χ1n) is 7.08. The van der Waals surface area contributed by atoms with Crippen LogP contribution in [-0.4, -0.2) is 16.5 Å². The summed E-state index contributed by atoms with van der Waals surface area (Å²) in [4.78, 5) is 8.95. The molecule has 1 aromatic carbocycles. The van der Waals surface area contributed by atoms with Gasteiger partial charge in [0.05, 0.1) is 0 Å². The van der Waals surface area contributed by atoms with E-state index in [1.54, 1.807) is 0 Å². The number of nitrogens with zero attached hydrogens (tertiary/aromatic N) is 2. The maximum Gasteiger partial charge on any atom is 0.219 e. The van der Waals surface area contributed by atoms with E-state index in [0.29, 0.717) is 12.5 Å². The normalized spacial score (nSPS) is 10.7. The van der Waals surface area contributed by atoms with Crippen LogP contribution in [0.5, 0.6) is 5.88 Å². The van der Waals surface area contributed by atoms with Crippen LogP contribution >= 0.6 is 15.9 Å². The molecule has 0 unspecified atom stereocenters. The second-order valence-corrected chi connectivity index (χ2v) is 5.97. The van der Waals surface area contributed by atoms with Crippen LogP contribution in [0.1, 0.15) is 38.1 Å². The lowest BCUT2D eigenvalue weighted by Gasteiger charge is -2.11. The fraction of sp³-hybridized carbons (Fsp3) is 0.375. The van der Waals surface area contributed by atoms with Crippen molar-refractivity contribution in [1.29, 1.82) is 0 Å². The first-order valence-corrected chi connectivity index (χ1v) is 7.88. The van der Waals surface area contributed by atoms with Gasteiger partial charge >= 0.3 is 0 Å². The van der Waals surface area contributed by atoms with Gasteiger partial charge in [-0.3, -0.25) is 0 Å². The number of aromatic nitrogens is 2. The van der Waals surface area contributed by atoms with E-state index in [0.717, 1.165) is 28.2 Å². The van der Waals surface area contributed by atoms with Gasteiger partial charge in [0.1, 0.15) is 18.2 Å². The Balaban J connectivity index is 2.12. The highest BCUT2D eigenvalue weighted by Crippen LogP contribution is 2.20. The van der Waals surface area contributed by atoms with E-state index in [2.05, 4.69) is 45.1 Å². The summed E-state index contributed by atoms with van der Waals surface area (Å²) in [6.45, 7) is 7.50. The Morgan fingerprint density at radius 2 is 1.90 bits per heavy atom. The third-order valence-corrected chi connectivity index (χ3v) is 3.42. The Labute approximate surface area is 134 Å². The molecule has 1 heterocycles. The molecule has 0 saturated carbocycles. The minimum Gasteiger partial charge on any atom is -0.473 e. The summed E-state index contributed by atoms with van der Waals surface area (Å²) in [5.74, 6) is 2.47. The summed E-state index contributed by atoms with van der Waals surface area (Å²) in [5, 5.41) is 3.21. The summed E-state index contributed by atoms with van der Waals surface area (Å²) in [5.41, 5.74) is 1.10. The molecular formula is C16H20BrN3O. The smallest absolute Gasteiger partial charge is 0.219 e. The summed E-state index contributed by atoms with van der Waals surface area (Å²) >= 11 is 3.42. The monoisotopic (exact) mass is 349 g/mol. The van der Waals surface area contributed by atoms with Crippen molar-refractivity contribution in [3.63, 3.8) is 0 Å². The van der Waals surface area contributed by atoms with E-state index in [9.17, 15) is 0 Å². The quantitative estimate of drug-likeness (QED) is 0.840. The number of halogens is 1. The lowest BCUT2D eigenvalue weighted by Crippen LogP contribution is -2.07. The predicted octanol–water partition coefficient (Wildman–Crippen LogP) is 4.37. The molecule has 0 aliphatic heterocycles. The summed E-state index contributed by atoms with van der Waals surface area (Å²) in [6.07, 6.45) is 0. The van der Waals surface area contributed by atoms with Crippen LogP contribution in [0.15, 0.2) is 34.8 Å². The maximum absolute atomic E-state index is 5.80. The number of hydrogen-bond donors (Lipinski definition) is 1. The van der Waals surface area contributed by atoms with Gasteiger partial charge in [0.15, 0.2) is 0 Å². The van der Waals surface area contributed by atoms with Crippen LogP contribution in [0.4, 0.5) is 5.82 Å². The van der Waals surface area contributed by atoms with Gasteiger partial charge in [-0.15, -0.1) is 0 Å². The zero-order valence-corrected chi connectivity index (χ0v) is 14.1. The number of nitrogens with one attached hydrogen (secondary N) is 1. The van der Waals surface area contributed by atoms with Crippen LogP contribution in [0.2, 0.25) is 0 Å². The van der Waals surface area contributed by atoms with Crippen molar-refractivity contribution in [2.45, 2.75) is 33.3 Å². The van der Waals surface area contributed by atoms with Gasteiger partial charge in [-0.1, -0.05) is 41.9 Å². The zero-order valence-electron chi connectivity index (χ0n) is 12.6. The highest BCUT2D eigenvalue weighted by Gasteiger charge is 2.09. The zero-order chi connectivity index (χ0) is 15.2. The predicted molar refractivity (Wildman–Crippen MR) is 88.8 cm³/mol. The van der Waals surface area contributed by atoms with Crippen molar-refractivity contribution in [3.05, 3.63) is 46.2 Å².